The van der Waals surface area contributed by atoms with Crippen molar-refractivity contribution in [2.45, 2.75) is 18.4 Å². The Kier molecular flexibility index (Phi) is 2.69. The number of phenols is 1. The Labute approximate surface area is 106 Å². The lowest BCUT2D eigenvalue weighted by Crippen LogP contribution is -2.31. The Morgan fingerprint density at radius 1 is 1.39 bits per heavy atom. The molecule has 0 amide bonds. The van der Waals surface area contributed by atoms with Crippen LogP contribution in [0.15, 0.2) is 29.4 Å². The third kappa shape index (κ3) is 2.18. The molecule has 1 aromatic rings. The van der Waals surface area contributed by atoms with E-state index in [2.05, 4.69) is 22.3 Å². The first-order valence-electron chi connectivity index (χ1n) is 6.03. The van der Waals surface area contributed by atoms with Gasteiger partial charge in [-0.25, -0.2) is 0 Å². The third-order valence-corrected chi connectivity index (χ3v) is 3.24. The maximum absolute atomic E-state index is 9.34. The van der Waals surface area contributed by atoms with Crippen molar-refractivity contribution in [3.63, 3.8) is 0 Å². The summed E-state index contributed by atoms with van der Waals surface area (Å²) >= 11 is 0. The normalized spacial score (nSPS) is 25.4. The number of hydrogen-bond acceptors (Lipinski definition) is 4. The summed E-state index contributed by atoms with van der Waals surface area (Å²) in [5.41, 5.74) is 1.40. The zero-order valence-corrected chi connectivity index (χ0v) is 9.94. The van der Waals surface area contributed by atoms with Gasteiger partial charge in [-0.2, -0.15) is 0 Å². The molecular formula is C14H14N2O2. The van der Waals surface area contributed by atoms with Gasteiger partial charge in [-0.1, -0.05) is 17.1 Å². The molecular weight excluding hydrogens is 228 g/mol. The minimum atomic E-state index is -0.164. The van der Waals surface area contributed by atoms with E-state index in [1.807, 2.05) is 6.07 Å². The Morgan fingerprint density at radius 2 is 2.33 bits per heavy atom. The van der Waals surface area contributed by atoms with Gasteiger partial charge in [0, 0.05) is 24.9 Å². The van der Waals surface area contributed by atoms with Crippen LogP contribution in [0.1, 0.15) is 18.4 Å². The molecule has 1 spiro atoms. The average molecular weight is 242 g/mol. The van der Waals surface area contributed by atoms with Crippen LogP contribution in [-0.4, -0.2) is 29.5 Å². The van der Waals surface area contributed by atoms with E-state index in [0.717, 1.165) is 37.2 Å². The molecule has 0 aromatic heterocycles. The van der Waals surface area contributed by atoms with Crippen LogP contribution in [0, 0.1) is 11.8 Å². The Balaban J connectivity index is 1.71. The lowest BCUT2D eigenvalue weighted by atomic mass is 9.97. The Hall–Kier alpha value is -1.99. The monoisotopic (exact) mass is 242 g/mol. The molecule has 2 heterocycles. The fraction of sp³-hybridized carbons (Fsp3) is 0.357. The Morgan fingerprint density at radius 3 is 3.11 bits per heavy atom. The number of rotatable bonds is 0. The molecule has 2 aliphatic heterocycles. The van der Waals surface area contributed by atoms with Crippen LogP contribution in [0.5, 0.6) is 5.75 Å². The summed E-state index contributed by atoms with van der Waals surface area (Å²) in [6.07, 6.45) is 1.75. The summed E-state index contributed by atoms with van der Waals surface area (Å²) in [5, 5.41) is 16.7. The maximum Gasteiger partial charge on any atom is 0.157 e. The summed E-state index contributed by atoms with van der Waals surface area (Å²) in [7, 11) is 0. The first-order chi connectivity index (χ1) is 8.76. The van der Waals surface area contributed by atoms with E-state index in [1.54, 1.807) is 18.2 Å². The van der Waals surface area contributed by atoms with E-state index < -0.39 is 0 Å². The smallest absolute Gasteiger partial charge is 0.157 e. The van der Waals surface area contributed by atoms with E-state index in [9.17, 15) is 5.11 Å². The number of nitrogens with zero attached hydrogens (tertiary/aromatic N) is 1. The zero-order chi connectivity index (χ0) is 12.4. The van der Waals surface area contributed by atoms with Gasteiger partial charge in [0.2, 0.25) is 0 Å². The molecule has 0 bridgehead atoms. The minimum Gasteiger partial charge on any atom is -0.508 e. The van der Waals surface area contributed by atoms with Crippen LogP contribution >= 0.6 is 0 Å². The fourth-order valence-electron chi connectivity index (χ4n) is 2.27. The van der Waals surface area contributed by atoms with Gasteiger partial charge < -0.3 is 15.3 Å². The van der Waals surface area contributed by atoms with Gasteiger partial charge in [-0.3, -0.25) is 0 Å². The fourth-order valence-corrected chi connectivity index (χ4v) is 2.27. The van der Waals surface area contributed by atoms with E-state index in [-0.39, 0.29) is 11.4 Å². The number of aromatic hydroxyl groups is 1. The van der Waals surface area contributed by atoms with Crippen LogP contribution < -0.4 is 5.32 Å². The molecule has 3 rings (SSSR count). The second kappa shape index (κ2) is 4.35. The number of oxime groups is 1. The van der Waals surface area contributed by atoms with Gasteiger partial charge in [0.05, 0.1) is 0 Å². The van der Waals surface area contributed by atoms with Crippen LogP contribution in [0.2, 0.25) is 0 Å². The van der Waals surface area contributed by atoms with Crippen LogP contribution in [0.4, 0.5) is 0 Å². The highest BCUT2D eigenvalue weighted by molar-refractivity contribution is 6.02. The standard InChI is InChI=1S/C14H14N2O2/c17-13-3-1-2-11(8-13)4-5-12-9-14(18-16-12)6-7-15-10-14/h1-3,8,15,17H,6-7,9-10H2. The van der Waals surface area contributed by atoms with Crippen LogP contribution in [-0.2, 0) is 4.84 Å². The second-order valence-electron chi connectivity index (χ2n) is 4.72. The lowest BCUT2D eigenvalue weighted by molar-refractivity contribution is -0.00190. The van der Waals surface area contributed by atoms with Gasteiger partial charge in [0.1, 0.15) is 11.5 Å². The third-order valence-electron chi connectivity index (χ3n) is 3.24. The quantitative estimate of drug-likeness (QED) is 0.673. The summed E-state index contributed by atoms with van der Waals surface area (Å²) in [6.45, 7) is 1.82. The number of phenolic OH excluding ortho intramolecular Hbond substituents is 1. The number of nitrogens with one attached hydrogen (secondary N) is 1. The highest BCUT2D eigenvalue weighted by Gasteiger charge is 2.41. The maximum atomic E-state index is 9.34. The first-order valence-corrected chi connectivity index (χ1v) is 6.03. The number of benzene rings is 1. The van der Waals surface area contributed by atoms with Gasteiger partial charge in [0.15, 0.2) is 5.60 Å². The van der Waals surface area contributed by atoms with Crippen molar-refractivity contribution in [3.8, 4) is 17.6 Å². The Bertz CT molecular complexity index is 548. The molecule has 18 heavy (non-hydrogen) atoms. The van der Waals surface area contributed by atoms with E-state index in [0.29, 0.717) is 0 Å². The summed E-state index contributed by atoms with van der Waals surface area (Å²) in [4.78, 5) is 5.50. The van der Waals surface area contributed by atoms with Crippen LogP contribution in [0.25, 0.3) is 0 Å². The molecule has 1 saturated heterocycles. The zero-order valence-electron chi connectivity index (χ0n) is 9.94. The van der Waals surface area contributed by atoms with E-state index >= 15 is 0 Å². The highest BCUT2D eigenvalue weighted by atomic mass is 16.7. The molecule has 0 saturated carbocycles. The molecule has 2 N–H and O–H groups in total. The predicted molar refractivity (Wildman–Crippen MR) is 68.3 cm³/mol. The molecule has 0 radical (unpaired) electrons. The molecule has 2 aliphatic rings. The SMILES string of the molecule is Oc1cccc(C#CC2=NOC3(CCNC3)C2)c1. The molecule has 1 unspecified atom stereocenters. The van der Waals surface area contributed by atoms with Gasteiger partial charge >= 0.3 is 0 Å². The van der Waals surface area contributed by atoms with Crippen LogP contribution in [0.3, 0.4) is 0 Å². The summed E-state index contributed by atoms with van der Waals surface area (Å²) in [5.74, 6) is 6.23. The first kappa shape index (κ1) is 11.1. The molecule has 4 nitrogen and oxygen atoms in total. The average Bonchev–Trinajstić information content (AvgIpc) is 2.98. The van der Waals surface area contributed by atoms with Gasteiger partial charge in [-0.15, -0.1) is 0 Å². The highest BCUT2D eigenvalue weighted by Crippen LogP contribution is 2.29. The molecule has 1 aromatic carbocycles. The van der Waals surface area contributed by atoms with Gasteiger partial charge in [0.25, 0.3) is 0 Å². The molecule has 1 fully saturated rings. The minimum absolute atomic E-state index is 0.164. The van der Waals surface area contributed by atoms with Crippen molar-refractivity contribution in [2.24, 2.45) is 5.16 Å². The molecule has 92 valence electrons. The second-order valence-corrected chi connectivity index (χ2v) is 4.72. The van der Waals surface area contributed by atoms with E-state index in [1.165, 1.54) is 0 Å². The van der Waals surface area contributed by atoms with Crippen molar-refractivity contribution in [3.05, 3.63) is 29.8 Å². The topological polar surface area (TPSA) is 53.9 Å². The lowest BCUT2D eigenvalue weighted by Gasteiger charge is -2.17. The summed E-state index contributed by atoms with van der Waals surface area (Å²) < 4.78 is 0. The predicted octanol–water partition coefficient (Wildman–Crippen LogP) is 1.25. The molecule has 1 atom stereocenters. The molecule has 4 heteroatoms. The van der Waals surface area contributed by atoms with E-state index in [4.69, 9.17) is 4.84 Å². The van der Waals surface area contributed by atoms with Crippen molar-refractivity contribution in [1.82, 2.24) is 5.32 Å². The molecule has 0 aliphatic carbocycles. The number of hydrogen-bond donors (Lipinski definition) is 2. The van der Waals surface area contributed by atoms with Crippen molar-refractivity contribution in [2.75, 3.05) is 13.1 Å². The largest absolute Gasteiger partial charge is 0.508 e. The van der Waals surface area contributed by atoms with Crippen molar-refractivity contribution in [1.29, 1.82) is 0 Å². The van der Waals surface area contributed by atoms with Crippen molar-refractivity contribution >= 4 is 5.71 Å². The van der Waals surface area contributed by atoms with Gasteiger partial charge in [-0.05, 0) is 30.7 Å². The van der Waals surface area contributed by atoms with Crippen molar-refractivity contribution < 1.29 is 9.94 Å². The summed E-state index contributed by atoms with van der Waals surface area (Å²) in [6, 6.07) is 6.89.